The van der Waals surface area contributed by atoms with Gasteiger partial charge in [0.15, 0.2) is 5.65 Å². The number of imidazole rings is 1. The molecule has 4 rings (SSSR count). The highest BCUT2D eigenvalue weighted by Crippen LogP contribution is 2.29. The van der Waals surface area contributed by atoms with Gasteiger partial charge in [-0.3, -0.25) is 9.44 Å². The number of sulfonamides is 2. The molecule has 0 bridgehead atoms. The van der Waals surface area contributed by atoms with Crippen molar-refractivity contribution in [1.82, 2.24) is 15.0 Å². The lowest BCUT2D eigenvalue weighted by molar-refractivity contribution is 0.601. The maximum atomic E-state index is 12.7. The minimum Gasteiger partial charge on any atom is -0.323 e. The normalized spacial score (nSPS) is 12.1. The van der Waals surface area contributed by atoms with E-state index in [0.29, 0.717) is 22.6 Å². The number of halogens is 1. The Balaban J connectivity index is 1.80. The fourth-order valence-corrected chi connectivity index (χ4v) is 4.84. The van der Waals surface area contributed by atoms with Crippen LogP contribution in [0, 0.1) is 0 Å². The molecular formula is C19H16BrN5O4S2. The second-order valence-electron chi connectivity index (χ2n) is 6.70. The molecule has 31 heavy (non-hydrogen) atoms. The van der Waals surface area contributed by atoms with Gasteiger partial charge in [-0.05, 0) is 52.3 Å². The first-order valence-electron chi connectivity index (χ1n) is 8.81. The molecule has 12 heteroatoms. The highest BCUT2D eigenvalue weighted by Gasteiger charge is 2.17. The Hall–Kier alpha value is -2.96. The molecule has 2 heterocycles. The van der Waals surface area contributed by atoms with E-state index in [1.807, 2.05) is 0 Å². The van der Waals surface area contributed by atoms with Crippen LogP contribution in [0.3, 0.4) is 0 Å². The first-order chi connectivity index (χ1) is 14.6. The molecule has 0 aliphatic rings. The molecule has 160 valence electrons. The molecule has 0 fully saturated rings. The topological polar surface area (TPSA) is 134 Å². The first kappa shape index (κ1) is 21.3. The average Bonchev–Trinajstić information content (AvgIpc) is 3.10. The van der Waals surface area contributed by atoms with Gasteiger partial charge in [0.2, 0.25) is 10.0 Å². The molecule has 0 radical (unpaired) electrons. The van der Waals surface area contributed by atoms with Crippen LogP contribution in [0.1, 0.15) is 0 Å². The number of hydrogen-bond donors (Lipinski definition) is 3. The molecule has 0 aliphatic heterocycles. The third kappa shape index (κ3) is 5.03. The highest BCUT2D eigenvalue weighted by atomic mass is 79.9. The molecule has 0 amide bonds. The molecule has 0 aliphatic carbocycles. The monoisotopic (exact) mass is 521 g/mol. The van der Waals surface area contributed by atoms with Crippen LogP contribution in [0.5, 0.6) is 0 Å². The average molecular weight is 522 g/mol. The van der Waals surface area contributed by atoms with Gasteiger partial charge in [-0.15, -0.1) is 0 Å². The quantitative estimate of drug-likeness (QED) is 0.355. The molecule has 4 aromatic rings. The Bertz CT molecular complexity index is 1490. The molecule has 0 unspecified atom stereocenters. The van der Waals surface area contributed by atoms with Gasteiger partial charge < -0.3 is 4.98 Å². The summed E-state index contributed by atoms with van der Waals surface area (Å²) in [7, 11) is -7.47. The lowest BCUT2D eigenvalue weighted by Gasteiger charge is -2.12. The molecular weight excluding hydrogens is 506 g/mol. The Morgan fingerprint density at radius 2 is 1.61 bits per heavy atom. The molecule has 9 nitrogen and oxygen atoms in total. The molecule has 2 aromatic carbocycles. The smallest absolute Gasteiger partial charge is 0.261 e. The van der Waals surface area contributed by atoms with Crippen LogP contribution in [0.15, 0.2) is 70.2 Å². The SMILES string of the molecule is CS(=O)(=O)Nc1cc(NS(=O)(=O)c2ccccc2)cc(-c2nc3cc(Br)cnc3[nH]2)c1. The van der Waals surface area contributed by atoms with E-state index >= 15 is 0 Å². The summed E-state index contributed by atoms with van der Waals surface area (Å²) < 4.78 is 54.6. The van der Waals surface area contributed by atoms with Gasteiger partial charge in [-0.25, -0.2) is 26.8 Å². The number of nitrogens with one attached hydrogen (secondary N) is 3. The van der Waals surface area contributed by atoms with Gasteiger partial charge in [0.1, 0.15) is 11.3 Å². The zero-order valence-corrected chi connectivity index (χ0v) is 19.2. The van der Waals surface area contributed by atoms with E-state index in [-0.39, 0.29) is 16.3 Å². The predicted octanol–water partition coefficient (Wildman–Crippen LogP) is 3.56. The van der Waals surface area contributed by atoms with Crippen molar-refractivity contribution in [3.05, 3.63) is 65.3 Å². The number of rotatable bonds is 6. The second-order valence-corrected chi connectivity index (χ2v) is 11.0. The number of nitrogens with zero attached hydrogens (tertiary/aromatic N) is 2. The van der Waals surface area contributed by atoms with E-state index in [4.69, 9.17) is 0 Å². The van der Waals surface area contributed by atoms with Crippen molar-refractivity contribution in [2.45, 2.75) is 4.90 Å². The Labute approximate surface area is 187 Å². The maximum absolute atomic E-state index is 12.7. The molecule has 0 spiro atoms. The van der Waals surface area contributed by atoms with Crippen molar-refractivity contribution in [2.24, 2.45) is 0 Å². The summed E-state index contributed by atoms with van der Waals surface area (Å²) in [5.41, 5.74) is 1.94. The zero-order chi connectivity index (χ0) is 22.2. The van der Waals surface area contributed by atoms with E-state index in [0.717, 1.165) is 10.7 Å². The van der Waals surface area contributed by atoms with Crippen LogP contribution in [0.2, 0.25) is 0 Å². The first-order valence-corrected chi connectivity index (χ1v) is 13.0. The number of pyridine rings is 1. The summed E-state index contributed by atoms with van der Waals surface area (Å²) in [6, 6.07) is 14.1. The minimum absolute atomic E-state index is 0.0795. The molecule has 3 N–H and O–H groups in total. The lowest BCUT2D eigenvalue weighted by atomic mass is 10.1. The molecule has 0 saturated heterocycles. The number of fused-ring (bicyclic) bond motifs is 1. The van der Waals surface area contributed by atoms with Crippen molar-refractivity contribution in [1.29, 1.82) is 0 Å². The molecule has 2 aromatic heterocycles. The summed E-state index contributed by atoms with van der Waals surface area (Å²) in [6.07, 6.45) is 2.63. The van der Waals surface area contributed by atoms with Crippen molar-refractivity contribution in [2.75, 3.05) is 15.7 Å². The van der Waals surface area contributed by atoms with Gasteiger partial charge >= 0.3 is 0 Å². The highest BCUT2D eigenvalue weighted by molar-refractivity contribution is 9.10. The van der Waals surface area contributed by atoms with Gasteiger partial charge in [-0.1, -0.05) is 18.2 Å². The summed E-state index contributed by atoms with van der Waals surface area (Å²) in [5.74, 6) is 0.401. The van der Waals surface area contributed by atoms with E-state index in [2.05, 4.69) is 40.3 Å². The summed E-state index contributed by atoms with van der Waals surface area (Å²) >= 11 is 3.34. The fourth-order valence-electron chi connectivity index (χ4n) is 2.92. The number of H-pyrrole nitrogens is 1. The number of aromatic amines is 1. The predicted molar refractivity (Wildman–Crippen MR) is 123 cm³/mol. The standard InChI is InChI=1S/C19H16BrN5O4S2/c1-30(26,27)24-14-7-12(18-22-17-9-13(20)11-21-19(17)23-18)8-15(10-14)25-31(28,29)16-5-3-2-4-6-16/h2-11,24-25H,1H3,(H,21,22,23). The lowest BCUT2D eigenvalue weighted by Crippen LogP contribution is -2.14. The third-order valence-electron chi connectivity index (χ3n) is 4.12. The van der Waals surface area contributed by atoms with E-state index in [9.17, 15) is 16.8 Å². The van der Waals surface area contributed by atoms with Gasteiger partial charge in [0, 0.05) is 16.2 Å². The van der Waals surface area contributed by atoms with Crippen molar-refractivity contribution >= 4 is 58.5 Å². The van der Waals surface area contributed by atoms with E-state index in [1.165, 1.54) is 18.2 Å². The maximum Gasteiger partial charge on any atom is 0.261 e. The minimum atomic E-state index is -3.88. The third-order valence-corrected chi connectivity index (χ3v) is 6.56. The Kier molecular flexibility index (Phi) is 5.45. The van der Waals surface area contributed by atoms with Gasteiger partial charge in [0.25, 0.3) is 10.0 Å². The van der Waals surface area contributed by atoms with Gasteiger partial charge in [0.05, 0.1) is 22.5 Å². The summed E-state index contributed by atoms with van der Waals surface area (Å²) in [6.45, 7) is 0. The van der Waals surface area contributed by atoms with Crippen LogP contribution in [-0.2, 0) is 20.0 Å². The molecule has 0 atom stereocenters. The van der Waals surface area contributed by atoms with Crippen molar-refractivity contribution in [3.8, 4) is 11.4 Å². The fraction of sp³-hybridized carbons (Fsp3) is 0.0526. The van der Waals surface area contributed by atoms with Gasteiger partial charge in [-0.2, -0.15) is 0 Å². The van der Waals surface area contributed by atoms with Crippen molar-refractivity contribution in [3.63, 3.8) is 0 Å². The summed E-state index contributed by atoms with van der Waals surface area (Å²) in [5, 5.41) is 0. The number of anilines is 2. The van der Waals surface area contributed by atoms with Crippen molar-refractivity contribution < 1.29 is 16.8 Å². The largest absolute Gasteiger partial charge is 0.323 e. The van der Waals surface area contributed by atoms with Crippen LogP contribution in [-0.4, -0.2) is 38.0 Å². The van der Waals surface area contributed by atoms with E-state index in [1.54, 1.807) is 42.6 Å². The Morgan fingerprint density at radius 3 is 2.29 bits per heavy atom. The summed E-state index contributed by atoms with van der Waals surface area (Å²) in [4.78, 5) is 11.8. The Morgan fingerprint density at radius 1 is 0.935 bits per heavy atom. The number of hydrogen-bond acceptors (Lipinski definition) is 6. The van der Waals surface area contributed by atoms with Crippen LogP contribution in [0.4, 0.5) is 11.4 Å². The zero-order valence-electron chi connectivity index (χ0n) is 16.0. The second kappa shape index (κ2) is 7.94. The van der Waals surface area contributed by atoms with Crippen LogP contribution in [0.25, 0.3) is 22.6 Å². The number of aromatic nitrogens is 3. The van der Waals surface area contributed by atoms with Crippen LogP contribution < -0.4 is 9.44 Å². The number of benzene rings is 2. The molecule has 0 saturated carbocycles. The van der Waals surface area contributed by atoms with E-state index < -0.39 is 20.0 Å². The van der Waals surface area contributed by atoms with Crippen LogP contribution >= 0.6 is 15.9 Å².